The number of halogens is 1. The molecular weight excluding hydrogens is 442 g/mol. The SMILES string of the molecule is COc1ccc([C@@H]2CN(Cc3c(C)noc3C)CC[C@H]2NC(=O)Nc2ccc(Cl)cc2)nc1. The van der Waals surface area contributed by atoms with E-state index in [4.69, 9.17) is 20.9 Å². The zero-order valence-corrected chi connectivity index (χ0v) is 19.7. The molecule has 0 radical (unpaired) electrons. The number of amides is 2. The van der Waals surface area contributed by atoms with Crippen molar-refractivity contribution in [3.63, 3.8) is 0 Å². The van der Waals surface area contributed by atoms with Gasteiger partial charge >= 0.3 is 6.03 Å². The molecule has 2 atom stereocenters. The minimum Gasteiger partial charge on any atom is -0.495 e. The quantitative estimate of drug-likeness (QED) is 0.551. The number of piperidine rings is 1. The molecule has 2 N–H and O–H groups in total. The van der Waals surface area contributed by atoms with Gasteiger partial charge in [0.25, 0.3) is 0 Å². The molecule has 3 heterocycles. The molecule has 8 nitrogen and oxygen atoms in total. The number of rotatable bonds is 6. The van der Waals surface area contributed by atoms with E-state index in [1.807, 2.05) is 26.0 Å². The second-order valence-electron chi connectivity index (χ2n) is 8.27. The van der Waals surface area contributed by atoms with Crippen LogP contribution in [0.2, 0.25) is 5.02 Å². The number of likely N-dealkylation sites (tertiary alicyclic amines) is 1. The number of benzene rings is 1. The first-order chi connectivity index (χ1) is 15.9. The fraction of sp³-hybridized carbons (Fsp3) is 0.375. The third-order valence-corrected chi connectivity index (χ3v) is 6.31. The number of aryl methyl sites for hydroxylation is 2. The zero-order valence-electron chi connectivity index (χ0n) is 19.0. The number of hydrogen-bond donors (Lipinski definition) is 2. The predicted molar refractivity (Wildman–Crippen MR) is 127 cm³/mol. The Morgan fingerprint density at radius 1 is 1.24 bits per heavy atom. The number of carbonyl (C=O) groups excluding carboxylic acids is 1. The summed E-state index contributed by atoms with van der Waals surface area (Å²) in [7, 11) is 1.62. The molecule has 33 heavy (non-hydrogen) atoms. The summed E-state index contributed by atoms with van der Waals surface area (Å²) in [5, 5.41) is 10.7. The topological polar surface area (TPSA) is 92.5 Å². The van der Waals surface area contributed by atoms with Crippen molar-refractivity contribution in [1.29, 1.82) is 0 Å². The lowest BCUT2D eigenvalue weighted by molar-refractivity contribution is 0.166. The van der Waals surface area contributed by atoms with Crippen LogP contribution < -0.4 is 15.4 Å². The fourth-order valence-corrected chi connectivity index (χ4v) is 4.31. The Morgan fingerprint density at radius 3 is 2.67 bits per heavy atom. The Morgan fingerprint density at radius 2 is 2.03 bits per heavy atom. The van der Waals surface area contributed by atoms with Crippen molar-refractivity contribution >= 4 is 23.3 Å². The molecule has 0 saturated carbocycles. The predicted octanol–water partition coefficient (Wildman–Crippen LogP) is 4.53. The highest BCUT2D eigenvalue weighted by Crippen LogP contribution is 2.29. The van der Waals surface area contributed by atoms with Gasteiger partial charge in [-0.15, -0.1) is 0 Å². The van der Waals surface area contributed by atoms with Gasteiger partial charge in [-0.2, -0.15) is 0 Å². The van der Waals surface area contributed by atoms with E-state index in [1.54, 1.807) is 37.6 Å². The lowest BCUT2D eigenvalue weighted by Crippen LogP contribution is -2.50. The summed E-state index contributed by atoms with van der Waals surface area (Å²) in [6.07, 6.45) is 2.50. The zero-order chi connectivity index (χ0) is 23.4. The number of ether oxygens (including phenoxy) is 1. The number of carbonyl (C=O) groups is 1. The maximum atomic E-state index is 12.7. The summed E-state index contributed by atoms with van der Waals surface area (Å²) in [6, 6.07) is 10.6. The van der Waals surface area contributed by atoms with Gasteiger partial charge in [-0.25, -0.2) is 4.79 Å². The lowest BCUT2D eigenvalue weighted by atomic mass is 9.88. The Hall–Kier alpha value is -3.10. The monoisotopic (exact) mass is 469 g/mol. The molecule has 0 unspecified atom stereocenters. The van der Waals surface area contributed by atoms with Gasteiger partial charge in [-0.1, -0.05) is 16.8 Å². The average molecular weight is 470 g/mol. The van der Waals surface area contributed by atoms with Crippen LogP contribution in [0, 0.1) is 13.8 Å². The number of aromatic nitrogens is 2. The highest BCUT2D eigenvalue weighted by atomic mass is 35.5. The molecule has 174 valence electrons. The summed E-state index contributed by atoms with van der Waals surface area (Å²) in [5.41, 5.74) is 3.63. The molecule has 0 aliphatic carbocycles. The summed E-state index contributed by atoms with van der Waals surface area (Å²) >= 11 is 5.94. The third-order valence-electron chi connectivity index (χ3n) is 6.05. The van der Waals surface area contributed by atoms with Crippen LogP contribution in [0.25, 0.3) is 0 Å². The fourth-order valence-electron chi connectivity index (χ4n) is 4.19. The average Bonchev–Trinajstić information content (AvgIpc) is 3.13. The highest BCUT2D eigenvalue weighted by Gasteiger charge is 2.33. The van der Waals surface area contributed by atoms with Gasteiger partial charge in [-0.3, -0.25) is 9.88 Å². The smallest absolute Gasteiger partial charge is 0.319 e. The first-order valence-electron chi connectivity index (χ1n) is 10.9. The number of nitrogens with zero attached hydrogens (tertiary/aromatic N) is 3. The Labute approximate surface area is 198 Å². The van der Waals surface area contributed by atoms with Gasteiger partial charge in [0, 0.05) is 53.6 Å². The number of hydrogen-bond acceptors (Lipinski definition) is 6. The van der Waals surface area contributed by atoms with E-state index >= 15 is 0 Å². The van der Waals surface area contributed by atoms with E-state index in [2.05, 4.69) is 25.7 Å². The van der Waals surface area contributed by atoms with Crippen molar-refractivity contribution < 1.29 is 14.1 Å². The molecule has 1 aliphatic heterocycles. The largest absolute Gasteiger partial charge is 0.495 e. The molecule has 1 aliphatic rings. The van der Waals surface area contributed by atoms with Gasteiger partial charge in [0.05, 0.1) is 19.0 Å². The standard InChI is InChI=1S/C24H28ClN5O3/c1-15-20(16(2)33-29-15)13-30-11-10-23(21(14-30)22-9-8-19(32-3)12-26-22)28-24(31)27-18-6-4-17(25)5-7-18/h4-9,12,21,23H,10-11,13-14H2,1-3H3,(H2,27,28,31)/t21-,23+/m0/s1. The minimum absolute atomic E-state index is 0.0149. The van der Waals surface area contributed by atoms with Crippen LogP contribution in [0.15, 0.2) is 47.1 Å². The highest BCUT2D eigenvalue weighted by molar-refractivity contribution is 6.30. The minimum atomic E-state index is -0.250. The van der Waals surface area contributed by atoms with Gasteiger partial charge in [0.2, 0.25) is 0 Å². The Bertz CT molecular complexity index is 1060. The maximum absolute atomic E-state index is 12.7. The van der Waals surface area contributed by atoms with E-state index in [1.165, 1.54) is 0 Å². The summed E-state index contributed by atoms with van der Waals surface area (Å²) in [5.74, 6) is 1.56. The van der Waals surface area contributed by atoms with Crippen LogP contribution >= 0.6 is 11.6 Å². The number of pyridine rings is 1. The Balaban J connectivity index is 1.49. The van der Waals surface area contributed by atoms with E-state index in [0.717, 1.165) is 48.8 Å². The van der Waals surface area contributed by atoms with E-state index in [0.29, 0.717) is 16.5 Å². The molecule has 3 aromatic rings. The van der Waals surface area contributed by atoms with E-state index in [9.17, 15) is 4.79 Å². The van der Waals surface area contributed by atoms with E-state index in [-0.39, 0.29) is 18.0 Å². The molecule has 2 aromatic heterocycles. The van der Waals surface area contributed by atoms with Gasteiger partial charge in [-0.05, 0) is 56.7 Å². The lowest BCUT2D eigenvalue weighted by Gasteiger charge is -2.38. The summed E-state index contributed by atoms with van der Waals surface area (Å²) in [6.45, 7) is 6.23. The molecule has 1 saturated heterocycles. The summed E-state index contributed by atoms with van der Waals surface area (Å²) in [4.78, 5) is 19.7. The van der Waals surface area contributed by atoms with Crippen molar-refractivity contribution in [2.24, 2.45) is 0 Å². The molecule has 1 fully saturated rings. The van der Waals surface area contributed by atoms with Crippen LogP contribution in [0.3, 0.4) is 0 Å². The number of nitrogens with one attached hydrogen (secondary N) is 2. The van der Waals surface area contributed by atoms with Crippen LogP contribution in [-0.4, -0.2) is 47.3 Å². The second kappa shape index (κ2) is 10.2. The molecular formula is C24H28ClN5O3. The normalized spacial score (nSPS) is 18.7. The molecule has 4 rings (SSSR count). The first-order valence-corrected chi connectivity index (χ1v) is 11.3. The van der Waals surface area contributed by atoms with Crippen molar-refractivity contribution in [1.82, 2.24) is 20.4 Å². The van der Waals surface area contributed by atoms with E-state index < -0.39 is 0 Å². The number of anilines is 1. The second-order valence-corrected chi connectivity index (χ2v) is 8.70. The van der Waals surface area contributed by atoms with Crippen LogP contribution in [0.1, 0.15) is 35.1 Å². The van der Waals surface area contributed by atoms with Crippen LogP contribution in [-0.2, 0) is 6.54 Å². The third kappa shape index (κ3) is 5.64. The van der Waals surface area contributed by atoms with Gasteiger partial charge < -0.3 is 19.9 Å². The number of urea groups is 1. The molecule has 2 amide bonds. The van der Waals surface area contributed by atoms with Crippen LogP contribution in [0.4, 0.5) is 10.5 Å². The van der Waals surface area contributed by atoms with Crippen molar-refractivity contribution in [2.75, 3.05) is 25.5 Å². The first kappa shape index (κ1) is 23.1. The van der Waals surface area contributed by atoms with Crippen molar-refractivity contribution in [3.05, 3.63) is 70.3 Å². The summed E-state index contributed by atoms with van der Waals surface area (Å²) < 4.78 is 10.6. The van der Waals surface area contributed by atoms with Gasteiger partial charge in [0.1, 0.15) is 11.5 Å². The molecule has 0 bridgehead atoms. The maximum Gasteiger partial charge on any atom is 0.319 e. The molecule has 0 spiro atoms. The van der Waals surface area contributed by atoms with Crippen molar-refractivity contribution in [2.45, 2.75) is 38.8 Å². The molecule has 9 heteroatoms. The van der Waals surface area contributed by atoms with Gasteiger partial charge in [0.15, 0.2) is 0 Å². The molecule has 1 aromatic carbocycles. The number of methoxy groups -OCH3 is 1. The Kier molecular flexibility index (Phi) is 7.15. The van der Waals surface area contributed by atoms with Crippen molar-refractivity contribution in [3.8, 4) is 5.75 Å². The van der Waals surface area contributed by atoms with Crippen LogP contribution in [0.5, 0.6) is 5.75 Å².